The number of morpholine rings is 1. The number of nitrogens with zero attached hydrogens (tertiary/aromatic N) is 1. The number of carboxylic acids is 1. The van der Waals surface area contributed by atoms with Gasteiger partial charge in [-0.15, -0.1) is 0 Å². The second-order valence-electron chi connectivity index (χ2n) is 4.12. The van der Waals surface area contributed by atoms with Gasteiger partial charge in [0.15, 0.2) is 0 Å². The number of ether oxygens (including phenoxy) is 1. The van der Waals surface area contributed by atoms with Gasteiger partial charge in [0.2, 0.25) is 5.91 Å². The molecular weight excluding hydrogens is 242 g/mol. The summed E-state index contributed by atoms with van der Waals surface area (Å²) in [5.41, 5.74) is 4.86. The van der Waals surface area contributed by atoms with Gasteiger partial charge in [-0.2, -0.15) is 0 Å². The predicted molar refractivity (Wildman–Crippen MR) is 60.8 cm³/mol. The number of primary amides is 1. The molecule has 102 valence electrons. The first-order valence-electron chi connectivity index (χ1n) is 5.58. The third-order valence-electron chi connectivity index (χ3n) is 2.75. The van der Waals surface area contributed by atoms with Crippen LogP contribution in [0.4, 0.5) is 4.79 Å². The number of hydrogen-bond acceptors (Lipinski definition) is 5. The van der Waals surface area contributed by atoms with E-state index in [4.69, 9.17) is 15.6 Å². The van der Waals surface area contributed by atoms with Crippen molar-refractivity contribution in [3.8, 4) is 0 Å². The lowest BCUT2D eigenvalue weighted by atomic mass is 10.1. The van der Waals surface area contributed by atoms with Crippen LogP contribution in [0.25, 0.3) is 0 Å². The number of nitrogens with one attached hydrogen (secondary N) is 1. The summed E-state index contributed by atoms with van der Waals surface area (Å²) in [5.74, 6) is -1.45. The Balaban J connectivity index is 2.52. The second kappa shape index (κ2) is 6.31. The molecule has 2 unspecified atom stereocenters. The number of carbonyl (C=O) groups excluding carboxylic acids is 2. The minimum Gasteiger partial charge on any atom is -0.481 e. The van der Waals surface area contributed by atoms with Crippen LogP contribution >= 0.6 is 0 Å². The number of imide groups is 1. The largest absolute Gasteiger partial charge is 0.481 e. The van der Waals surface area contributed by atoms with Crippen LogP contribution in [0.2, 0.25) is 0 Å². The molecule has 4 N–H and O–H groups in total. The Morgan fingerprint density at radius 2 is 2.22 bits per heavy atom. The van der Waals surface area contributed by atoms with Crippen molar-refractivity contribution in [2.24, 2.45) is 5.73 Å². The molecule has 18 heavy (non-hydrogen) atoms. The highest BCUT2D eigenvalue weighted by molar-refractivity contribution is 5.96. The smallest absolute Gasteiger partial charge is 0.318 e. The molecule has 0 aromatic carbocycles. The number of rotatable bonds is 4. The fourth-order valence-corrected chi connectivity index (χ4v) is 1.80. The van der Waals surface area contributed by atoms with Gasteiger partial charge in [-0.1, -0.05) is 0 Å². The summed E-state index contributed by atoms with van der Waals surface area (Å²) in [7, 11) is 0. The topological polar surface area (TPSA) is 122 Å². The average molecular weight is 259 g/mol. The quantitative estimate of drug-likeness (QED) is 0.579. The first-order chi connectivity index (χ1) is 8.40. The average Bonchev–Trinajstić information content (AvgIpc) is 2.26. The summed E-state index contributed by atoms with van der Waals surface area (Å²) in [6.07, 6.45) is -0.555. The third-order valence-corrected chi connectivity index (χ3v) is 2.75. The molecule has 0 aromatic rings. The summed E-state index contributed by atoms with van der Waals surface area (Å²) >= 11 is 0. The van der Waals surface area contributed by atoms with E-state index in [1.807, 2.05) is 5.32 Å². The van der Waals surface area contributed by atoms with E-state index in [-0.39, 0.29) is 6.42 Å². The highest BCUT2D eigenvalue weighted by atomic mass is 16.5. The number of carbonyl (C=O) groups is 3. The molecular formula is C10H17N3O5. The Kier molecular flexibility index (Phi) is 5.05. The monoisotopic (exact) mass is 259 g/mol. The fourth-order valence-electron chi connectivity index (χ4n) is 1.80. The number of urea groups is 1. The summed E-state index contributed by atoms with van der Waals surface area (Å²) in [6, 6.07) is -1.46. The molecule has 0 spiro atoms. The minimum absolute atomic E-state index is 0.110. The summed E-state index contributed by atoms with van der Waals surface area (Å²) in [4.78, 5) is 34.5. The zero-order valence-electron chi connectivity index (χ0n) is 10.1. The Morgan fingerprint density at radius 3 is 2.78 bits per heavy atom. The van der Waals surface area contributed by atoms with Crippen molar-refractivity contribution in [1.82, 2.24) is 10.2 Å². The normalized spacial score (nSPS) is 22.2. The lowest BCUT2D eigenvalue weighted by Gasteiger charge is -2.35. The van der Waals surface area contributed by atoms with Crippen molar-refractivity contribution in [3.63, 3.8) is 0 Å². The Morgan fingerprint density at radius 1 is 1.56 bits per heavy atom. The van der Waals surface area contributed by atoms with Gasteiger partial charge >= 0.3 is 12.0 Å². The van der Waals surface area contributed by atoms with Crippen LogP contribution in [0.3, 0.4) is 0 Å². The first-order valence-corrected chi connectivity index (χ1v) is 5.58. The van der Waals surface area contributed by atoms with Gasteiger partial charge in [0.1, 0.15) is 0 Å². The highest BCUT2D eigenvalue weighted by Gasteiger charge is 2.29. The molecule has 8 nitrogen and oxygen atoms in total. The van der Waals surface area contributed by atoms with Crippen LogP contribution in [-0.2, 0) is 14.3 Å². The van der Waals surface area contributed by atoms with Crippen molar-refractivity contribution >= 4 is 17.9 Å². The minimum atomic E-state index is -0.948. The molecule has 8 heteroatoms. The van der Waals surface area contributed by atoms with Crippen molar-refractivity contribution in [2.75, 3.05) is 19.7 Å². The maximum Gasteiger partial charge on any atom is 0.318 e. The van der Waals surface area contributed by atoms with Crippen LogP contribution in [0.1, 0.15) is 13.3 Å². The molecule has 1 heterocycles. The number of aliphatic carboxylic acids is 1. The van der Waals surface area contributed by atoms with Crippen LogP contribution in [0.5, 0.6) is 0 Å². The van der Waals surface area contributed by atoms with Crippen LogP contribution in [-0.4, -0.2) is 59.8 Å². The predicted octanol–water partition coefficient (Wildman–Crippen LogP) is -1.25. The van der Waals surface area contributed by atoms with Gasteiger partial charge in [-0.25, -0.2) is 4.79 Å². The molecule has 0 bridgehead atoms. The lowest BCUT2D eigenvalue weighted by molar-refractivity contribution is -0.143. The van der Waals surface area contributed by atoms with Crippen LogP contribution in [0.15, 0.2) is 0 Å². The molecule has 1 fully saturated rings. The Hall–Kier alpha value is -1.67. The molecule has 2 atom stereocenters. The van der Waals surface area contributed by atoms with E-state index in [1.54, 1.807) is 11.8 Å². The summed E-state index contributed by atoms with van der Waals surface area (Å²) in [6.45, 7) is 2.82. The van der Waals surface area contributed by atoms with E-state index in [2.05, 4.69) is 0 Å². The molecule has 0 aromatic heterocycles. The van der Waals surface area contributed by atoms with E-state index in [1.165, 1.54) is 0 Å². The maximum atomic E-state index is 11.6. The number of carboxylic acid groups (broad SMARTS) is 1. The van der Waals surface area contributed by atoms with Crippen LogP contribution in [0, 0.1) is 0 Å². The van der Waals surface area contributed by atoms with Crippen molar-refractivity contribution in [3.05, 3.63) is 0 Å². The molecule has 1 saturated heterocycles. The van der Waals surface area contributed by atoms with E-state index < -0.39 is 30.1 Å². The zero-order valence-corrected chi connectivity index (χ0v) is 10.1. The molecule has 1 aliphatic heterocycles. The van der Waals surface area contributed by atoms with E-state index in [0.717, 1.165) is 0 Å². The number of nitrogens with two attached hydrogens (primary N) is 1. The molecule has 0 saturated carbocycles. The molecule has 1 rings (SSSR count). The first kappa shape index (κ1) is 14.4. The van der Waals surface area contributed by atoms with Gasteiger partial charge in [0.25, 0.3) is 0 Å². The molecule has 0 aliphatic carbocycles. The van der Waals surface area contributed by atoms with E-state index in [0.29, 0.717) is 19.7 Å². The van der Waals surface area contributed by atoms with Gasteiger partial charge in [0, 0.05) is 13.1 Å². The molecule has 1 aliphatic rings. The summed E-state index contributed by atoms with van der Waals surface area (Å²) < 4.78 is 5.28. The standard InChI is InChI=1S/C10H17N3O5/c1-6(9(16)12-10(11)17)13-2-3-18-7(5-13)4-8(14)15/h6-7H,2-5H2,1H3,(H,14,15)(H3,11,12,16,17). The fraction of sp³-hybridized carbons (Fsp3) is 0.700. The highest BCUT2D eigenvalue weighted by Crippen LogP contribution is 2.11. The number of hydrogen-bond donors (Lipinski definition) is 3. The Labute approximate surface area is 104 Å². The van der Waals surface area contributed by atoms with E-state index in [9.17, 15) is 14.4 Å². The third kappa shape index (κ3) is 4.30. The summed E-state index contributed by atoms with van der Waals surface area (Å²) in [5, 5.41) is 10.7. The zero-order chi connectivity index (χ0) is 13.7. The van der Waals surface area contributed by atoms with E-state index >= 15 is 0 Å². The van der Waals surface area contributed by atoms with Gasteiger partial charge in [0.05, 0.1) is 25.2 Å². The Bertz CT molecular complexity index is 346. The lowest BCUT2D eigenvalue weighted by Crippen LogP contribution is -2.54. The van der Waals surface area contributed by atoms with Crippen molar-refractivity contribution in [1.29, 1.82) is 0 Å². The maximum absolute atomic E-state index is 11.6. The van der Waals surface area contributed by atoms with Crippen LogP contribution < -0.4 is 11.1 Å². The number of amides is 3. The molecule has 3 amide bonds. The molecule has 0 radical (unpaired) electrons. The van der Waals surface area contributed by atoms with Gasteiger partial charge in [-0.05, 0) is 6.92 Å². The van der Waals surface area contributed by atoms with Crippen molar-refractivity contribution in [2.45, 2.75) is 25.5 Å². The SMILES string of the molecule is CC(C(=O)NC(N)=O)N1CCOC(CC(=O)O)C1. The van der Waals surface area contributed by atoms with Gasteiger partial charge < -0.3 is 15.6 Å². The van der Waals surface area contributed by atoms with Crippen molar-refractivity contribution < 1.29 is 24.2 Å². The van der Waals surface area contributed by atoms with Gasteiger partial charge in [-0.3, -0.25) is 19.8 Å². The second-order valence-corrected chi connectivity index (χ2v) is 4.12.